The average Bonchev–Trinajstić information content (AvgIpc) is 2.67. The molecule has 2 aromatic carbocycles. The van der Waals surface area contributed by atoms with Crippen LogP contribution in [-0.4, -0.2) is 28.2 Å². The van der Waals surface area contributed by atoms with Crippen LogP contribution in [0.1, 0.15) is 0 Å². The number of aromatic nitrogens is 2. The fraction of sp³-hybridized carbons (Fsp3) is 0.111. The lowest BCUT2D eigenvalue weighted by Gasteiger charge is -2.16. The summed E-state index contributed by atoms with van der Waals surface area (Å²) in [6.45, 7) is 0.358. The molecule has 0 spiro atoms. The lowest BCUT2D eigenvalue weighted by atomic mass is 10.1. The summed E-state index contributed by atoms with van der Waals surface area (Å²) in [6.07, 6.45) is 0. The van der Waals surface area contributed by atoms with Crippen LogP contribution in [0.5, 0.6) is 0 Å². The first-order chi connectivity index (χ1) is 12.3. The number of hydrazine groups is 1. The lowest BCUT2D eigenvalue weighted by molar-refractivity contribution is 0.311. The van der Waals surface area contributed by atoms with Crippen molar-refractivity contribution in [2.75, 3.05) is 29.2 Å². The molecule has 0 atom stereocenters. The summed E-state index contributed by atoms with van der Waals surface area (Å²) in [6, 6.07) is 19.3. The Balaban J connectivity index is 2.05. The van der Waals surface area contributed by atoms with Gasteiger partial charge in [0.2, 0.25) is 5.95 Å². The van der Waals surface area contributed by atoms with Crippen LogP contribution >= 0.6 is 0 Å². The van der Waals surface area contributed by atoms with Gasteiger partial charge in [-0.2, -0.15) is 9.97 Å². The van der Waals surface area contributed by atoms with Gasteiger partial charge in [-0.1, -0.05) is 48.5 Å². The molecule has 0 aliphatic rings. The Morgan fingerprint density at radius 2 is 1.52 bits per heavy atom. The van der Waals surface area contributed by atoms with E-state index in [2.05, 4.69) is 26.0 Å². The van der Waals surface area contributed by atoms with Crippen molar-refractivity contribution in [1.82, 2.24) is 9.97 Å². The number of rotatable bonds is 7. The molecule has 0 saturated heterocycles. The zero-order valence-corrected chi connectivity index (χ0v) is 13.6. The van der Waals surface area contributed by atoms with Gasteiger partial charge in [0.1, 0.15) is 5.82 Å². The predicted octanol–water partition coefficient (Wildman–Crippen LogP) is 2.58. The van der Waals surface area contributed by atoms with Crippen molar-refractivity contribution in [2.24, 2.45) is 5.84 Å². The van der Waals surface area contributed by atoms with Gasteiger partial charge in [-0.15, -0.1) is 0 Å². The number of para-hydroxylation sites is 1. The molecule has 0 aliphatic carbocycles. The first-order valence-corrected chi connectivity index (χ1v) is 7.92. The van der Waals surface area contributed by atoms with Crippen LogP contribution in [0.15, 0.2) is 60.7 Å². The molecule has 25 heavy (non-hydrogen) atoms. The van der Waals surface area contributed by atoms with E-state index in [1.807, 2.05) is 60.7 Å². The van der Waals surface area contributed by atoms with Crippen molar-refractivity contribution >= 4 is 23.3 Å². The Bertz CT molecular complexity index is 811. The van der Waals surface area contributed by atoms with Crippen LogP contribution in [0.2, 0.25) is 0 Å². The van der Waals surface area contributed by atoms with E-state index in [1.165, 1.54) is 0 Å². The van der Waals surface area contributed by atoms with Gasteiger partial charge in [-0.25, -0.2) is 5.84 Å². The van der Waals surface area contributed by atoms with Gasteiger partial charge in [0.05, 0.1) is 12.2 Å². The third-order valence-electron chi connectivity index (χ3n) is 3.54. The van der Waals surface area contributed by atoms with Gasteiger partial charge in [-0.3, -0.25) is 0 Å². The topological polar surface area (TPSA) is 108 Å². The Morgan fingerprint density at radius 3 is 2.16 bits per heavy atom. The van der Waals surface area contributed by atoms with Gasteiger partial charge in [0, 0.05) is 12.2 Å². The largest absolute Gasteiger partial charge is 0.395 e. The summed E-state index contributed by atoms with van der Waals surface area (Å²) < 4.78 is 0. The van der Waals surface area contributed by atoms with Crippen LogP contribution in [0.25, 0.3) is 11.1 Å². The Labute approximate surface area is 145 Å². The molecule has 7 heteroatoms. The number of hydrogen-bond acceptors (Lipinski definition) is 7. The monoisotopic (exact) mass is 336 g/mol. The second-order valence-electron chi connectivity index (χ2n) is 5.27. The number of nitrogens with two attached hydrogens (primary N) is 1. The molecule has 6 N–H and O–H groups in total. The van der Waals surface area contributed by atoms with E-state index in [-0.39, 0.29) is 6.61 Å². The minimum Gasteiger partial charge on any atom is -0.395 e. The highest BCUT2D eigenvalue weighted by molar-refractivity contribution is 5.85. The highest BCUT2D eigenvalue weighted by Gasteiger charge is 2.16. The van der Waals surface area contributed by atoms with Gasteiger partial charge < -0.3 is 21.2 Å². The van der Waals surface area contributed by atoms with Crippen LogP contribution in [0.3, 0.4) is 0 Å². The molecule has 0 amide bonds. The van der Waals surface area contributed by atoms with E-state index in [0.29, 0.717) is 24.1 Å². The molecule has 128 valence electrons. The Morgan fingerprint density at radius 1 is 0.880 bits per heavy atom. The lowest BCUT2D eigenvalue weighted by Crippen LogP contribution is -2.15. The Kier molecular flexibility index (Phi) is 5.40. The minimum absolute atomic E-state index is 0.00886. The normalized spacial score (nSPS) is 10.3. The maximum absolute atomic E-state index is 9.16. The van der Waals surface area contributed by atoms with Crippen LogP contribution in [0, 0.1) is 0 Å². The molecular formula is C18H20N6O. The summed E-state index contributed by atoms with van der Waals surface area (Å²) in [7, 11) is 0. The number of nitrogens with one attached hydrogen (secondary N) is 3. The zero-order valence-electron chi connectivity index (χ0n) is 13.6. The zero-order chi connectivity index (χ0) is 17.5. The highest BCUT2D eigenvalue weighted by Crippen LogP contribution is 2.33. The molecule has 0 saturated carbocycles. The summed E-state index contributed by atoms with van der Waals surface area (Å²) in [5, 5.41) is 15.4. The van der Waals surface area contributed by atoms with Crippen LogP contribution in [0.4, 0.5) is 23.3 Å². The summed E-state index contributed by atoms with van der Waals surface area (Å²) >= 11 is 0. The number of nitrogen functional groups attached to an aromatic ring is 1. The van der Waals surface area contributed by atoms with Crippen molar-refractivity contribution in [3.63, 3.8) is 0 Å². The average molecular weight is 336 g/mol. The smallest absolute Gasteiger partial charge is 0.231 e. The van der Waals surface area contributed by atoms with Crippen molar-refractivity contribution in [3.8, 4) is 11.1 Å². The number of hydrogen-bond donors (Lipinski definition) is 5. The van der Waals surface area contributed by atoms with E-state index in [9.17, 15) is 0 Å². The molecular weight excluding hydrogens is 316 g/mol. The second-order valence-corrected chi connectivity index (χ2v) is 5.27. The molecule has 0 radical (unpaired) electrons. The van der Waals surface area contributed by atoms with Gasteiger partial charge in [0.25, 0.3) is 0 Å². The molecule has 0 bridgehead atoms. The molecule has 3 rings (SSSR count). The summed E-state index contributed by atoms with van der Waals surface area (Å²) in [4.78, 5) is 9.02. The summed E-state index contributed by atoms with van der Waals surface area (Å²) in [5.74, 6) is 7.18. The third-order valence-corrected chi connectivity index (χ3v) is 3.54. The number of anilines is 4. The second kappa shape index (κ2) is 8.09. The van der Waals surface area contributed by atoms with Crippen molar-refractivity contribution in [3.05, 3.63) is 60.7 Å². The van der Waals surface area contributed by atoms with Gasteiger partial charge in [0.15, 0.2) is 5.82 Å². The molecule has 3 aromatic rings. The molecule has 1 heterocycles. The van der Waals surface area contributed by atoms with E-state index in [0.717, 1.165) is 16.8 Å². The molecule has 0 unspecified atom stereocenters. The number of nitrogens with zero attached hydrogens (tertiary/aromatic N) is 2. The SMILES string of the molecule is NNc1nc(Nc2ccccc2)nc(NCCO)c1-c1ccccc1. The van der Waals surface area contributed by atoms with E-state index in [4.69, 9.17) is 10.9 Å². The first-order valence-electron chi connectivity index (χ1n) is 7.92. The van der Waals surface area contributed by atoms with Crippen molar-refractivity contribution in [2.45, 2.75) is 0 Å². The molecule has 7 nitrogen and oxygen atoms in total. The van der Waals surface area contributed by atoms with E-state index in [1.54, 1.807) is 0 Å². The highest BCUT2D eigenvalue weighted by atomic mass is 16.3. The Hall–Kier alpha value is -3.16. The summed E-state index contributed by atoms with van der Waals surface area (Å²) in [5.41, 5.74) is 5.17. The quantitative estimate of drug-likeness (QED) is 0.333. The predicted molar refractivity (Wildman–Crippen MR) is 101 cm³/mol. The fourth-order valence-corrected chi connectivity index (χ4v) is 2.45. The van der Waals surface area contributed by atoms with Crippen molar-refractivity contribution in [1.29, 1.82) is 0 Å². The van der Waals surface area contributed by atoms with E-state index >= 15 is 0 Å². The maximum atomic E-state index is 9.16. The standard InChI is InChI=1S/C18H20N6O/c19-24-17-15(13-7-3-1-4-8-13)16(20-11-12-25)22-18(23-17)21-14-9-5-2-6-10-14/h1-10,25H,11-12,19H2,(H3,20,21,22,23,24). The molecule has 1 aromatic heterocycles. The van der Waals surface area contributed by atoms with Crippen LogP contribution < -0.4 is 21.9 Å². The first kappa shape index (κ1) is 16.7. The fourth-order valence-electron chi connectivity index (χ4n) is 2.45. The van der Waals surface area contributed by atoms with Gasteiger partial charge >= 0.3 is 0 Å². The number of aliphatic hydroxyl groups is 1. The van der Waals surface area contributed by atoms with E-state index < -0.39 is 0 Å². The molecule has 0 aliphatic heterocycles. The number of aliphatic hydroxyl groups excluding tert-OH is 1. The maximum Gasteiger partial charge on any atom is 0.231 e. The third kappa shape index (κ3) is 4.03. The van der Waals surface area contributed by atoms with Gasteiger partial charge in [-0.05, 0) is 17.7 Å². The molecule has 0 fully saturated rings. The minimum atomic E-state index is -0.00886. The van der Waals surface area contributed by atoms with Crippen molar-refractivity contribution < 1.29 is 5.11 Å². The van der Waals surface area contributed by atoms with Crippen LogP contribution in [-0.2, 0) is 0 Å². The number of benzene rings is 2.